The number of hydrogen-bond acceptors (Lipinski definition) is 3. The van der Waals surface area contributed by atoms with E-state index in [-0.39, 0.29) is 23.6 Å². The van der Waals surface area contributed by atoms with Gasteiger partial charge in [0.2, 0.25) is 0 Å². The third kappa shape index (κ3) is 2.10. The first-order valence-corrected chi connectivity index (χ1v) is 7.54. The molecule has 0 radical (unpaired) electrons. The quantitative estimate of drug-likeness (QED) is 0.720. The zero-order valence-electron chi connectivity index (χ0n) is 8.77. The van der Waals surface area contributed by atoms with Gasteiger partial charge in [-0.25, -0.2) is 8.42 Å². The molecular formula is C9H16N2O2S2. The van der Waals surface area contributed by atoms with Crippen LogP contribution in [-0.4, -0.2) is 48.6 Å². The van der Waals surface area contributed by atoms with Crippen LogP contribution >= 0.6 is 12.2 Å². The van der Waals surface area contributed by atoms with E-state index in [0.717, 1.165) is 24.5 Å². The summed E-state index contributed by atoms with van der Waals surface area (Å²) in [5.74, 6) is 0.495. The van der Waals surface area contributed by atoms with Gasteiger partial charge in [0.25, 0.3) is 0 Å². The smallest absolute Gasteiger partial charge is 0.169 e. The average molecular weight is 248 g/mol. The van der Waals surface area contributed by atoms with Gasteiger partial charge in [0, 0.05) is 6.54 Å². The lowest BCUT2D eigenvalue weighted by atomic mass is 10.2. The summed E-state index contributed by atoms with van der Waals surface area (Å²) in [6.45, 7) is 2.99. The normalized spacial score (nSPS) is 32.9. The number of thiocarbonyl (C=S) groups is 1. The molecule has 0 aliphatic carbocycles. The second-order valence-electron chi connectivity index (χ2n) is 4.25. The number of nitrogens with one attached hydrogen (secondary N) is 1. The maximum absolute atomic E-state index is 11.5. The van der Waals surface area contributed by atoms with E-state index in [9.17, 15) is 8.42 Å². The van der Waals surface area contributed by atoms with Crippen molar-refractivity contribution in [2.45, 2.75) is 31.8 Å². The van der Waals surface area contributed by atoms with Crippen molar-refractivity contribution in [3.8, 4) is 0 Å². The lowest BCUT2D eigenvalue weighted by molar-refractivity contribution is 0.349. The Hall–Kier alpha value is -0.360. The van der Waals surface area contributed by atoms with Crippen LogP contribution in [0.25, 0.3) is 0 Å². The SMILES string of the molecule is CCCCN1C(=S)N[C@H]2CS(=O)(=O)C[C@H]21. The minimum absolute atomic E-state index is 0.0272. The van der Waals surface area contributed by atoms with E-state index in [1.807, 2.05) is 4.90 Å². The van der Waals surface area contributed by atoms with Crippen molar-refractivity contribution in [3.63, 3.8) is 0 Å². The third-order valence-electron chi connectivity index (χ3n) is 3.05. The Morgan fingerprint density at radius 3 is 2.93 bits per heavy atom. The molecule has 0 saturated carbocycles. The highest BCUT2D eigenvalue weighted by Crippen LogP contribution is 2.24. The van der Waals surface area contributed by atoms with Crippen molar-refractivity contribution in [2.24, 2.45) is 0 Å². The lowest BCUT2D eigenvalue weighted by Crippen LogP contribution is -2.37. The van der Waals surface area contributed by atoms with Gasteiger partial charge >= 0.3 is 0 Å². The molecule has 15 heavy (non-hydrogen) atoms. The van der Waals surface area contributed by atoms with E-state index in [4.69, 9.17) is 12.2 Å². The van der Waals surface area contributed by atoms with Crippen LogP contribution in [0.5, 0.6) is 0 Å². The van der Waals surface area contributed by atoms with E-state index in [2.05, 4.69) is 12.2 Å². The summed E-state index contributed by atoms with van der Waals surface area (Å²) in [5.41, 5.74) is 0. The monoisotopic (exact) mass is 248 g/mol. The maximum atomic E-state index is 11.5. The summed E-state index contributed by atoms with van der Waals surface area (Å²) in [6.07, 6.45) is 2.16. The molecular weight excluding hydrogens is 232 g/mol. The number of unbranched alkanes of at least 4 members (excludes halogenated alkanes) is 1. The van der Waals surface area contributed by atoms with Gasteiger partial charge in [-0.05, 0) is 18.6 Å². The Morgan fingerprint density at radius 2 is 2.27 bits per heavy atom. The molecule has 6 heteroatoms. The highest BCUT2D eigenvalue weighted by atomic mass is 32.2. The van der Waals surface area contributed by atoms with Crippen LogP contribution in [0.4, 0.5) is 0 Å². The van der Waals surface area contributed by atoms with Crippen LogP contribution in [0.15, 0.2) is 0 Å². The summed E-state index contributed by atoms with van der Waals surface area (Å²) < 4.78 is 22.9. The Balaban J connectivity index is 2.09. The van der Waals surface area contributed by atoms with Crippen LogP contribution in [0.1, 0.15) is 19.8 Å². The summed E-state index contributed by atoms with van der Waals surface area (Å²) in [5, 5.41) is 3.84. The number of nitrogens with zero attached hydrogens (tertiary/aromatic N) is 1. The zero-order chi connectivity index (χ0) is 11.1. The fraction of sp³-hybridized carbons (Fsp3) is 0.889. The first kappa shape index (κ1) is 11.1. The van der Waals surface area contributed by atoms with E-state index in [1.165, 1.54) is 0 Å². The van der Waals surface area contributed by atoms with Crippen LogP contribution in [0.3, 0.4) is 0 Å². The molecule has 2 rings (SSSR count). The molecule has 86 valence electrons. The van der Waals surface area contributed by atoms with Gasteiger partial charge in [0.05, 0.1) is 23.6 Å². The van der Waals surface area contributed by atoms with Crippen molar-refractivity contribution in [3.05, 3.63) is 0 Å². The Labute approximate surface area is 95.9 Å². The molecule has 0 unspecified atom stereocenters. The van der Waals surface area contributed by atoms with E-state index in [0.29, 0.717) is 0 Å². The Morgan fingerprint density at radius 1 is 1.53 bits per heavy atom. The van der Waals surface area contributed by atoms with Crippen LogP contribution in [0.2, 0.25) is 0 Å². The highest BCUT2D eigenvalue weighted by Gasteiger charge is 2.46. The molecule has 0 bridgehead atoms. The van der Waals surface area contributed by atoms with Gasteiger partial charge in [-0.1, -0.05) is 13.3 Å². The van der Waals surface area contributed by atoms with Gasteiger partial charge in [-0.3, -0.25) is 0 Å². The Kier molecular flexibility index (Phi) is 2.89. The molecule has 2 saturated heterocycles. The lowest BCUT2D eigenvalue weighted by Gasteiger charge is -2.22. The molecule has 2 fully saturated rings. The summed E-state index contributed by atoms with van der Waals surface area (Å²) in [6, 6.07) is 0.105. The number of hydrogen-bond donors (Lipinski definition) is 1. The van der Waals surface area contributed by atoms with Crippen molar-refractivity contribution < 1.29 is 8.42 Å². The van der Waals surface area contributed by atoms with Crippen LogP contribution in [0, 0.1) is 0 Å². The molecule has 0 aromatic rings. The van der Waals surface area contributed by atoms with Gasteiger partial charge < -0.3 is 10.2 Å². The molecule has 2 heterocycles. The predicted octanol–water partition coefficient (Wildman–Crippen LogP) is 0.142. The second-order valence-corrected chi connectivity index (χ2v) is 6.79. The zero-order valence-corrected chi connectivity index (χ0v) is 10.4. The fourth-order valence-corrected chi connectivity index (χ4v) is 4.56. The van der Waals surface area contributed by atoms with Crippen molar-refractivity contribution in [1.82, 2.24) is 10.2 Å². The second kappa shape index (κ2) is 3.90. The minimum Gasteiger partial charge on any atom is -0.357 e. The first-order valence-electron chi connectivity index (χ1n) is 5.31. The predicted molar refractivity (Wildman–Crippen MR) is 63.6 cm³/mol. The number of sulfone groups is 1. The average Bonchev–Trinajstić information content (AvgIpc) is 2.54. The summed E-state index contributed by atoms with van der Waals surface area (Å²) in [4.78, 5) is 2.05. The largest absolute Gasteiger partial charge is 0.357 e. The first-order chi connectivity index (χ1) is 7.03. The van der Waals surface area contributed by atoms with Crippen molar-refractivity contribution >= 4 is 27.2 Å². The van der Waals surface area contributed by atoms with Gasteiger partial charge in [0.15, 0.2) is 14.9 Å². The minimum atomic E-state index is -2.85. The maximum Gasteiger partial charge on any atom is 0.169 e. The number of rotatable bonds is 3. The Bertz CT molecular complexity index is 366. The van der Waals surface area contributed by atoms with Crippen LogP contribution < -0.4 is 5.32 Å². The number of fused-ring (bicyclic) bond motifs is 1. The topological polar surface area (TPSA) is 49.4 Å². The van der Waals surface area contributed by atoms with E-state index >= 15 is 0 Å². The highest BCUT2D eigenvalue weighted by molar-refractivity contribution is 7.91. The summed E-state index contributed by atoms with van der Waals surface area (Å²) in [7, 11) is -2.85. The van der Waals surface area contributed by atoms with Gasteiger partial charge in [0.1, 0.15) is 0 Å². The molecule has 2 aliphatic rings. The molecule has 0 amide bonds. The molecule has 0 aromatic carbocycles. The standard InChI is InChI=1S/C9H16N2O2S2/c1-2-3-4-11-8-6-15(12,13)5-7(8)10-9(11)14/h7-8H,2-6H2,1H3,(H,10,14)/t7-,8+/m0/s1. The molecule has 2 atom stereocenters. The molecule has 2 aliphatic heterocycles. The third-order valence-corrected chi connectivity index (χ3v) is 5.11. The van der Waals surface area contributed by atoms with Crippen LogP contribution in [-0.2, 0) is 9.84 Å². The van der Waals surface area contributed by atoms with Gasteiger partial charge in [-0.15, -0.1) is 0 Å². The fourth-order valence-electron chi connectivity index (χ4n) is 2.26. The summed E-state index contributed by atoms with van der Waals surface area (Å²) >= 11 is 5.20. The molecule has 1 N–H and O–H groups in total. The van der Waals surface area contributed by atoms with E-state index < -0.39 is 9.84 Å². The molecule has 0 spiro atoms. The molecule has 0 aromatic heterocycles. The van der Waals surface area contributed by atoms with Gasteiger partial charge in [-0.2, -0.15) is 0 Å². The van der Waals surface area contributed by atoms with Crippen molar-refractivity contribution in [2.75, 3.05) is 18.1 Å². The van der Waals surface area contributed by atoms with Crippen molar-refractivity contribution in [1.29, 1.82) is 0 Å². The molecule has 4 nitrogen and oxygen atoms in total. The van der Waals surface area contributed by atoms with E-state index in [1.54, 1.807) is 0 Å².